The molecule has 1 saturated carbocycles. The average molecular weight is 284 g/mol. The number of carboxylic acid groups (broad SMARTS) is 2. The fraction of sp³-hybridized carbons (Fsp3) is 0.714. The molecule has 0 aromatic heterocycles. The highest BCUT2D eigenvalue weighted by molar-refractivity contribution is 5.68. The van der Waals surface area contributed by atoms with Crippen molar-refractivity contribution in [3.05, 3.63) is 12.2 Å². The highest BCUT2D eigenvalue weighted by Crippen LogP contribution is 2.48. The summed E-state index contributed by atoms with van der Waals surface area (Å²) in [5.74, 6) is -2.36. The molecule has 1 saturated heterocycles. The molecular formula is C14H20O6. The lowest BCUT2D eigenvalue weighted by molar-refractivity contribution is -0.186. The van der Waals surface area contributed by atoms with Gasteiger partial charge in [0.05, 0.1) is 19.6 Å². The molecule has 2 rings (SSSR count). The summed E-state index contributed by atoms with van der Waals surface area (Å²) < 4.78 is 11.5. The van der Waals surface area contributed by atoms with Gasteiger partial charge in [0, 0.05) is 18.8 Å². The zero-order valence-corrected chi connectivity index (χ0v) is 11.3. The summed E-state index contributed by atoms with van der Waals surface area (Å²) in [4.78, 5) is 21.4. The number of allylic oxidation sites excluding steroid dienone is 1. The fourth-order valence-corrected chi connectivity index (χ4v) is 3.23. The summed E-state index contributed by atoms with van der Waals surface area (Å²) in [6, 6.07) is 0. The first kappa shape index (κ1) is 15.0. The van der Waals surface area contributed by atoms with E-state index in [0.717, 1.165) is 6.42 Å². The van der Waals surface area contributed by atoms with Crippen LogP contribution in [0.1, 0.15) is 32.1 Å². The van der Waals surface area contributed by atoms with E-state index >= 15 is 0 Å². The van der Waals surface area contributed by atoms with Gasteiger partial charge in [0.1, 0.15) is 0 Å². The van der Waals surface area contributed by atoms with Crippen molar-refractivity contribution in [2.24, 2.45) is 11.8 Å². The van der Waals surface area contributed by atoms with Gasteiger partial charge in [0.15, 0.2) is 5.79 Å². The molecule has 112 valence electrons. The molecule has 0 amide bonds. The van der Waals surface area contributed by atoms with Gasteiger partial charge >= 0.3 is 11.9 Å². The quantitative estimate of drug-likeness (QED) is 0.720. The summed E-state index contributed by atoms with van der Waals surface area (Å²) >= 11 is 0. The number of hydrogen-bond acceptors (Lipinski definition) is 4. The molecule has 6 heteroatoms. The number of hydrogen-bond donors (Lipinski definition) is 2. The lowest BCUT2D eigenvalue weighted by Crippen LogP contribution is -2.36. The van der Waals surface area contributed by atoms with Crippen LogP contribution in [-0.4, -0.2) is 41.2 Å². The van der Waals surface area contributed by atoms with E-state index in [4.69, 9.17) is 19.7 Å². The van der Waals surface area contributed by atoms with Crippen LogP contribution in [0.4, 0.5) is 0 Å². The topological polar surface area (TPSA) is 93.1 Å². The average Bonchev–Trinajstić information content (AvgIpc) is 2.95. The zero-order chi connectivity index (χ0) is 14.6. The summed E-state index contributed by atoms with van der Waals surface area (Å²) in [5, 5.41) is 17.6. The van der Waals surface area contributed by atoms with Gasteiger partial charge in [0.25, 0.3) is 0 Å². The molecule has 2 N–H and O–H groups in total. The van der Waals surface area contributed by atoms with Gasteiger partial charge in [-0.2, -0.15) is 0 Å². The first-order valence-electron chi connectivity index (χ1n) is 6.90. The first-order chi connectivity index (χ1) is 9.53. The third kappa shape index (κ3) is 3.37. The van der Waals surface area contributed by atoms with Crippen molar-refractivity contribution in [1.29, 1.82) is 0 Å². The van der Waals surface area contributed by atoms with E-state index in [2.05, 4.69) is 0 Å². The number of carboxylic acids is 2. The standard InChI is InChI=1S/C14H20O6/c15-12(16)4-2-1-3-11-10(9-13(17)18)5-6-14(11)19-7-8-20-14/h1-2,10-11H,3-9H2,(H,15,16)(H,17,18)/b2-1-/t10-,11-/m1/s1. The molecule has 1 heterocycles. The predicted molar refractivity (Wildman–Crippen MR) is 69.1 cm³/mol. The summed E-state index contributed by atoms with van der Waals surface area (Å²) in [5.41, 5.74) is 0. The lowest BCUT2D eigenvalue weighted by atomic mass is 9.87. The highest BCUT2D eigenvalue weighted by Gasteiger charge is 2.52. The van der Waals surface area contributed by atoms with E-state index in [0.29, 0.717) is 26.1 Å². The monoisotopic (exact) mass is 284 g/mol. The lowest BCUT2D eigenvalue weighted by Gasteiger charge is -2.31. The molecule has 20 heavy (non-hydrogen) atoms. The Labute approximate surface area is 117 Å². The number of aliphatic carboxylic acids is 2. The highest BCUT2D eigenvalue weighted by atomic mass is 16.7. The van der Waals surface area contributed by atoms with E-state index in [1.807, 2.05) is 0 Å². The van der Waals surface area contributed by atoms with Crippen LogP contribution in [0.3, 0.4) is 0 Å². The molecule has 1 aliphatic heterocycles. The van der Waals surface area contributed by atoms with Crippen molar-refractivity contribution >= 4 is 11.9 Å². The molecule has 2 aliphatic rings. The second kappa shape index (κ2) is 6.37. The van der Waals surface area contributed by atoms with Gasteiger partial charge in [-0.25, -0.2) is 0 Å². The second-order valence-corrected chi connectivity index (χ2v) is 5.32. The van der Waals surface area contributed by atoms with E-state index in [1.54, 1.807) is 12.2 Å². The van der Waals surface area contributed by atoms with Gasteiger partial charge in [-0.05, 0) is 18.8 Å². The molecule has 2 fully saturated rings. The maximum absolute atomic E-state index is 10.9. The maximum Gasteiger partial charge on any atom is 0.307 e. The van der Waals surface area contributed by atoms with Gasteiger partial charge in [0.2, 0.25) is 0 Å². The second-order valence-electron chi connectivity index (χ2n) is 5.32. The van der Waals surface area contributed by atoms with Crippen LogP contribution in [0.15, 0.2) is 12.2 Å². The normalized spacial score (nSPS) is 28.4. The molecule has 0 bridgehead atoms. The van der Waals surface area contributed by atoms with Crippen molar-refractivity contribution in [2.75, 3.05) is 13.2 Å². The Hall–Kier alpha value is -1.40. The third-order valence-electron chi connectivity index (χ3n) is 4.06. The molecule has 0 aromatic carbocycles. The van der Waals surface area contributed by atoms with Crippen LogP contribution in [0.5, 0.6) is 0 Å². The summed E-state index contributed by atoms with van der Waals surface area (Å²) in [6.45, 7) is 1.07. The molecule has 2 atom stereocenters. The van der Waals surface area contributed by atoms with Crippen LogP contribution in [0.25, 0.3) is 0 Å². The zero-order valence-electron chi connectivity index (χ0n) is 11.3. The van der Waals surface area contributed by atoms with Crippen LogP contribution in [-0.2, 0) is 19.1 Å². The molecule has 0 radical (unpaired) electrons. The molecule has 1 spiro atoms. The van der Waals surface area contributed by atoms with Gasteiger partial charge in [-0.15, -0.1) is 0 Å². The Morgan fingerprint density at radius 2 is 1.85 bits per heavy atom. The fourth-order valence-electron chi connectivity index (χ4n) is 3.23. The van der Waals surface area contributed by atoms with Crippen molar-refractivity contribution in [2.45, 2.75) is 37.9 Å². The van der Waals surface area contributed by atoms with E-state index in [9.17, 15) is 9.59 Å². The number of ether oxygens (including phenoxy) is 2. The Morgan fingerprint density at radius 1 is 1.15 bits per heavy atom. The Morgan fingerprint density at radius 3 is 2.45 bits per heavy atom. The van der Waals surface area contributed by atoms with Crippen molar-refractivity contribution < 1.29 is 29.3 Å². The minimum atomic E-state index is -0.877. The largest absolute Gasteiger partial charge is 0.481 e. The van der Waals surface area contributed by atoms with Crippen LogP contribution < -0.4 is 0 Å². The molecular weight excluding hydrogens is 264 g/mol. The number of carbonyl (C=O) groups is 2. The molecule has 1 aliphatic carbocycles. The third-order valence-corrected chi connectivity index (χ3v) is 4.06. The summed E-state index contributed by atoms with van der Waals surface area (Å²) in [7, 11) is 0. The van der Waals surface area contributed by atoms with E-state index in [1.165, 1.54) is 0 Å². The van der Waals surface area contributed by atoms with Crippen LogP contribution in [0.2, 0.25) is 0 Å². The Bertz CT molecular complexity index is 396. The minimum Gasteiger partial charge on any atom is -0.481 e. The Balaban J connectivity index is 2.02. The van der Waals surface area contributed by atoms with Crippen molar-refractivity contribution in [3.63, 3.8) is 0 Å². The van der Waals surface area contributed by atoms with E-state index in [-0.39, 0.29) is 24.7 Å². The molecule has 0 aromatic rings. The molecule has 0 unspecified atom stereocenters. The minimum absolute atomic E-state index is 0.0140. The van der Waals surface area contributed by atoms with Crippen LogP contribution >= 0.6 is 0 Å². The summed E-state index contributed by atoms with van der Waals surface area (Å²) in [6.07, 6.45) is 5.54. The van der Waals surface area contributed by atoms with Crippen molar-refractivity contribution in [3.8, 4) is 0 Å². The predicted octanol–water partition coefficient (Wildman–Crippen LogP) is 1.65. The smallest absolute Gasteiger partial charge is 0.307 e. The van der Waals surface area contributed by atoms with Gasteiger partial charge < -0.3 is 19.7 Å². The first-order valence-corrected chi connectivity index (χ1v) is 6.90. The van der Waals surface area contributed by atoms with E-state index < -0.39 is 17.7 Å². The van der Waals surface area contributed by atoms with Gasteiger partial charge in [-0.3, -0.25) is 9.59 Å². The van der Waals surface area contributed by atoms with Crippen molar-refractivity contribution in [1.82, 2.24) is 0 Å². The van der Waals surface area contributed by atoms with Gasteiger partial charge in [-0.1, -0.05) is 12.2 Å². The number of rotatable bonds is 6. The maximum atomic E-state index is 10.9. The SMILES string of the molecule is O=C(O)C/C=C\C[C@@H]1[C@@H](CC(=O)O)CCC12OCCO2. The van der Waals surface area contributed by atoms with Crippen LogP contribution in [0, 0.1) is 11.8 Å². The Kier molecular flexibility index (Phi) is 4.77. The molecule has 6 nitrogen and oxygen atoms in total.